The second-order valence-corrected chi connectivity index (χ2v) is 2.84. The van der Waals surface area contributed by atoms with Crippen molar-refractivity contribution in [3.63, 3.8) is 0 Å². The minimum absolute atomic E-state index is 0.0381. The van der Waals surface area contributed by atoms with E-state index in [4.69, 9.17) is 10.2 Å². The van der Waals surface area contributed by atoms with E-state index in [1.165, 1.54) is 0 Å². The molecule has 1 rings (SSSR count). The third-order valence-electron chi connectivity index (χ3n) is 1.54. The van der Waals surface area contributed by atoms with Gasteiger partial charge in [0.15, 0.2) is 0 Å². The summed E-state index contributed by atoms with van der Waals surface area (Å²) in [6, 6.07) is 0. The second-order valence-electron chi connectivity index (χ2n) is 2.84. The van der Waals surface area contributed by atoms with Crippen molar-refractivity contribution in [3.05, 3.63) is 23.8 Å². The zero-order chi connectivity index (χ0) is 13.6. The molecule has 0 aromatic carbocycles. The molecule has 0 aliphatic carbocycles. The molecule has 4 nitrogen and oxygen atoms in total. The number of nitrogens with zero attached hydrogens (tertiary/aromatic N) is 2. The van der Waals surface area contributed by atoms with Crippen LogP contribution in [0.3, 0.4) is 0 Å². The van der Waals surface area contributed by atoms with Crippen LogP contribution in [0.1, 0.15) is 38.1 Å². The Labute approximate surface area is 108 Å². The van der Waals surface area contributed by atoms with Gasteiger partial charge in [0, 0.05) is 12.8 Å². The number of hydrogen-bond donors (Lipinski definition) is 2. The van der Waals surface area contributed by atoms with Gasteiger partial charge in [-0.05, 0) is 11.8 Å². The molecular formula is C14H18N2O2. The van der Waals surface area contributed by atoms with Crippen molar-refractivity contribution in [2.24, 2.45) is 0 Å². The Morgan fingerprint density at radius 3 is 1.78 bits per heavy atom. The van der Waals surface area contributed by atoms with Crippen LogP contribution in [0.5, 0.6) is 0 Å². The van der Waals surface area contributed by atoms with Crippen LogP contribution in [0.25, 0.3) is 0 Å². The van der Waals surface area contributed by atoms with E-state index in [-0.39, 0.29) is 13.2 Å². The van der Waals surface area contributed by atoms with Gasteiger partial charge in [0.1, 0.15) is 11.4 Å². The third kappa shape index (κ3) is 7.40. The first-order chi connectivity index (χ1) is 8.86. The Bertz CT molecular complexity index is 411. The first-order valence-corrected chi connectivity index (χ1v) is 5.88. The molecule has 0 spiro atoms. The molecule has 2 N–H and O–H groups in total. The monoisotopic (exact) mass is 246 g/mol. The van der Waals surface area contributed by atoms with Gasteiger partial charge in [0.05, 0.1) is 25.6 Å². The summed E-state index contributed by atoms with van der Waals surface area (Å²) >= 11 is 0. The lowest BCUT2D eigenvalue weighted by Gasteiger charge is -1.90. The molecule has 0 unspecified atom stereocenters. The van der Waals surface area contributed by atoms with Gasteiger partial charge >= 0.3 is 0 Å². The maximum Gasteiger partial charge on any atom is 0.132 e. The van der Waals surface area contributed by atoms with Gasteiger partial charge in [0.2, 0.25) is 0 Å². The number of aliphatic hydroxyl groups is 2. The Morgan fingerprint density at radius 2 is 1.39 bits per heavy atom. The predicted molar refractivity (Wildman–Crippen MR) is 70.5 cm³/mol. The van der Waals surface area contributed by atoms with Crippen LogP contribution in [0.4, 0.5) is 0 Å². The molecule has 0 amide bonds. The van der Waals surface area contributed by atoms with E-state index in [0.717, 1.165) is 0 Å². The van der Waals surface area contributed by atoms with Crippen molar-refractivity contribution in [1.29, 1.82) is 0 Å². The zero-order valence-corrected chi connectivity index (χ0v) is 10.8. The van der Waals surface area contributed by atoms with Gasteiger partial charge in [-0.25, -0.2) is 4.98 Å². The van der Waals surface area contributed by atoms with Gasteiger partial charge in [-0.15, -0.1) is 0 Å². The third-order valence-corrected chi connectivity index (χ3v) is 1.54. The maximum absolute atomic E-state index is 8.56. The summed E-state index contributed by atoms with van der Waals surface area (Å²) in [5, 5.41) is 17.1. The lowest BCUT2D eigenvalue weighted by Crippen LogP contribution is -1.90. The fraction of sp³-hybridized carbons (Fsp3) is 0.429. The van der Waals surface area contributed by atoms with Gasteiger partial charge in [-0.1, -0.05) is 25.7 Å². The van der Waals surface area contributed by atoms with E-state index in [1.54, 1.807) is 12.4 Å². The first-order valence-electron chi connectivity index (χ1n) is 5.88. The Kier molecular flexibility index (Phi) is 10.4. The summed E-state index contributed by atoms with van der Waals surface area (Å²) in [4.78, 5) is 8.09. The Morgan fingerprint density at radius 1 is 0.944 bits per heavy atom. The van der Waals surface area contributed by atoms with E-state index >= 15 is 0 Å². The average Bonchev–Trinajstić information content (AvgIpc) is 2.42. The molecular weight excluding hydrogens is 228 g/mol. The van der Waals surface area contributed by atoms with Crippen molar-refractivity contribution >= 4 is 0 Å². The van der Waals surface area contributed by atoms with Crippen LogP contribution in [0.15, 0.2) is 12.4 Å². The summed E-state index contributed by atoms with van der Waals surface area (Å²) in [7, 11) is 0. The summed E-state index contributed by atoms with van der Waals surface area (Å²) < 4.78 is 0. The number of aromatic nitrogens is 2. The van der Waals surface area contributed by atoms with Crippen LogP contribution >= 0.6 is 0 Å². The molecule has 18 heavy (non-hydrogen) atoms. The molecule has 1 aromatic rings. The summed E-state index contributed by atoms with van der Waals surface area (Å²) in [6.07, 6.45) is 3.92. The lowest BCUT2D eigenvalue weighted by atomic mass is 10.3. The van der Waals surface area contributed by atoms with Crippen LogP contribution in [-0.2, 0) is 0 Å². The number of hydrogen-bond acceptors (Lipinski definition) is 4. The maximum atomic E-state index is 8.56. The van der Waals surface area contributed by atoms with Gasteiger partial charge < -0.3 is 10.2 Å². The normalized spacial score (nSPS) is 8.00. The van der Waals surface area contributed by atoms with E-state index in [9.17, 15) is 0 Å². The van der Waals surface area contributed by atoms with Gasteiger partial charge in [0.25, 0.3) is 0 Å². The van der Waals surface area contributed by atoms with Crippen molar-refractivity contribution in [2.45, 2.75) is 26.7 Å². The summed E-state index contributed by atoms with van der Waals surface area (Å²) in [6.45, 7) is 4.08. The SMILES string of the molecule is CC.OCCC#Cc1cncc(C#CCCO)n1. The molecule has 96 valence electrons. The van der Waals surface area contributed by atoms with Crippen molar-refractivity contribution in [2.75, 3.05) is 13.2 Å². The number of rotatable bonds is 2. The largest absolute Gasteiger partial charge is 0.395 e. The van der Waals surface area contributed by atoms with Crippen molar-refractivity contribution in [3.8, 4) is 23.7 Å². The van der Waals surface area contributed by atoms with Crippen molar-refractivity contribution < 1.29 is 10.2 Å². The minimum Gasteiger partial charge on any atom is -0.395 e. The molecule has 0 aliphatic rings. The predicted octanol–water partition coefficient (Wildman–Crippen LogP) is 0.971. The molecule has 0 bridgehead atoms. The highest BCUT2D eigenvalue weighted by atomic mass is 16.3. The van der Waals surface area contributed by atoms with Crippen LogP contribution in [-0.4, -0.2) is 33.4 Å². The smallest absolute Gasteiger partial charge is 0.132 e. The number of aliphatic hydroxyl groups excluding tert-OH is 2. The molecule has 1 heterocycles. The fourth-order valence-electron chi connectivity index (χ4n) is 0.904. The van der Waals surface area contributed by atoms with Gasteiger partial charge in [-0.3, -0.25) is 4.98 Å². The Hall–Kier alpha value is -1.88. The average molecular weight is 246 g/mol. The standard InChI is InChI=1S/C12H12N2O2.C2H6/c15-7-3-1-5-11-9-13-10-12(14-11)6-2-4-8-16;1-2/h9-10,15-16H,3-4,7-8H2;1-2H3. The quantitative estimate of drug-likeness (QED) is 0.763. The molecule has 4 heteroatoms. The highest BCUT2D eigenvalue weighted by molar-refractivity contribution is 5.31. The van der Waals surface area contributed by atoms with E-state index in [2.05, 4.69) is 33.6 Å². The molecule has 0 saturated heterocycles. The summed E-state index contributed by atoms with van der Waals surface area (Å²) in [5.41, 5.74) is 1.06. The molecule has 0 saturated carbocycles. The molecule has 0 fully saturated rings. The Balaban J connectivity index is 0.00000137. The summed E-state index contributed by atoms with van der Waals surface area (Å²) in [5.74, 6) is 11.1. The zero-order valence-electron chi connectivity index (χ0n) is 10.8. The molecule has 0 radical (unpaired) electrons. The lowest BCUT2D eigenvalue weighted by molar-refractivity contribution is 0.304. The van der Waals surface area contributed by atoms with Crippen LogP contribution in [0, 0.1) is 23.7 Å². The van der Waals surface area contributed by atoms with E-state index < -0.39 is 0 Å². The molecule has 0 atom stereocenters. The minimum atomic E-state index is 0.0381. The highest BCUT2D eigenvalue weighted by Gasteiger charge is 1.91. The topological polar surface area (TPSA) is 66.2 Å². The molecule has 1 aromatic heterocycles. The second kappa shape index (κ2) is 11.6. The highest BCUT2D eigenvalue weighted by Crippen LogP contribution is 1.93. The van der Waals surface area contributed by atoms with Crippen molar-refractivity contribution in [1.82, 2.24) is 9.97 Å². The fourth-order valence-corrected chi connectivity index (χ4v) is 0.904. The molecule has 0 aliphatic heterocycles. The van der Waals surface area contributed by atoms with Gasteiger partial charge in [-0.2, -0.15) is 0 Å². The first kappa shape index (κ1) is 16.1. The van der Waals surface area contributed by atoms with E-state index in [1.807, 2.05) is 13.8 Å². The van der Waals surface area contributed by atoms with Crippen LogP contribution in [0.2, 0.25) is 0 Å². The van der Waals surface area contributed by atoms with E-state index in [0.29, 0.717) is 24.2 Å². The van der Waals surface area contributed by atoms with Crippen LogP contribution < -0.4 is 0 Å².